The zero-order valence-electron chi connectivity index (χ0n) is 25.1. The molecule has 0 fully saturated rings. The van der Waals surface area contributed by atoms with Crippen molar-refractivity contribution in [2.45, 2.75) is 72.2 Å². The van der Waals surface area contributed by atoms with Crippen LogP contribution in [0.5, 0.6) is 11.5 Å². The summed E-state index contributed by atoms with van der Waals surface area (Å²) in [7, 11) is 1.39. The van der Waals surface area contributed by atoms with E-state index in [1.54, 1.807) is 65.0 Å². The normalized spacial score (nSPS) is 16.1. The van der Waals surface area contributed by atoms with Crippen LogP contribution in [-0.4, -0.2) is 71.9 Å². The number of hydrogen-bond acceptors (Lipinski definition) is 9. The summed E-state index contributed by atoms with van der Waals surface area (Å²) in [4.78, 5) is 67.7. The van der Waals surface area contributed by atoms with E-state index < -0.39 is 48.2 Å². The molecule has 1 aliphatic rings. The molecule has 0 aliphatic carbocycles. The van der Waals surface area contributed by atoms with Crippen molar-refractivity contribution in [3.63, 3.8) is 0 Å². The summed E-state index contributed by atoms with van der Waals surface area (Å²) in [6, 6.07) is 8.23. The van der Waals surface area contributed by atoms with Gasteiger partial charge in [-0.1, -0.05) is 36.4 Å². The number of amides is 2. The number of benzene rings is 2. The minimum absolute atomic E-state index is 0.0115. The van der Waals surface area contributed by atoms with Gasteiger partial charge >= 0.3 is 18.0 Å². The quantitative estimate of drug-likeness (QED) is 0.245. The maximum Gasteiger partial charge on any atom is 0.411 e. The highest BCUT2D eigenvalue weighted by atomic mass is 16.6. The van der Waals surface area contributed by atoms with E-state index in [4.69, 9.17) is 18.9 Å². The molecule has 11 nitrogen and oxygen atoms in total. The maximum absolute atomic E-state index is 14.1. The lowest BCUT2D eigenvalue weighted by atomic mass is 9.85. The molecule has 226 valence electrons. The number of aryl methyl sites for hydroxylation is 1. The third kappa shape index (κ3) is 7.45. The Bertz CT molecular complexity index is 1330. The highest BCUT2D eigenvalue weighted by Gasteiger charge is 2.46. The zero-order chi connectivity index (χ0) is 31.2. The number of ether oxygens (including phenoxy) is 4. The molecule has 0 spiro atoms. The second-order valence-corrected chi connectivity index (χ2v) is 10.9. The standard InChI is InChI=1S/C31H38N2O9/c1-8-40-29(37)26-25-22(14-19(2)27(39-7)28(25)41-20(3)35)15-23(18-34)33(26)24(36)17-32(30(38)42-31(4,5)6)16-21-12-10-9-11-13-21/h9-14,18,23,26H,8,15-17H2,1-7H3/t23-,26-/m0/s1. The highest BCUT2D eigenvalue weighted by Crippen LogP contribution is 2.46. The van der Waals surface area contributed by atoms with Crippen molar-refractivity contribution >= 4 is 30.2 Å². The van der Waals surface area contributed by atoms with Crippen LogP contribution in [-0.2, 0) is 41.6 Å². The number of esters is 2. The van der Waals surface area contributed by atoms with Crippen LogP contribution in [0.4, 0.5) is 4.79 Å². The Labute approximate surface area is 245 Å². The minimum atomic E-state index is -1.46. The average Bonchev–Trinajstić information content (AvgIpc) is 2.91. The Hall–Kier alpha value is -4.41. The molecule has 0 bridgehead atoms. The molecule has 1 aliphatic heterocycles. The smallest absolute Gasteiger partial charge is 0.411 e. The molecule has 42 heavy (non-hydrogen) atoms. The van der Waals surface area contributed by atoms with E-state index in [1.165, 1.54) is 18.9 Å². The molecule has 3 rings (SSSR count). The van der Waals surface area contributed by atoms with E-state index >= 15 is 0 Å². The molecule has 2 aromatic carbocycles. The topological polar surface area (TPSA) is 129 Å². The monoisotopic (exact) mass is 582 g/mol. The summed E-state index contributed by atoms with van der Waals surface area (Å²) in [6.45, 7) is 9.19. The Kier molecular flexibility index (Phi) is 10.3. The van der Waals surface area contributed by atoms with Crippen molar-refractivity contribution in [3.8, 4) is 11.5 Å². The Morgan fingerprint density at radius 3 is 2.31 bits per heavy atom. The van der Waals surface area contributed by atoms with Gasteiger partial charge in [-0.15, -0.1) is 0 Å². The van der Waals surface area contributed by atoms with Crippen molar-refractivity contribution in [1.82, 2.24) is 9.80 Å². The van der Waals surface area contributed by atoms with Crippen LogP contribution in [0.25, 0.3) is 0 Å². The Balaban J connectivity index is 2.15. The van der Waals surface area contributed by atoms with Crippen LogP contribution in [0.2, 0.25) is 0 Å². The fourth-order valence-corrected chi connectivity index (χ4v) is 4.93. The van der Waals surface area contributed by atoms with Crippen molar-refractivity contribution in [1.29, 1.82) is 0 Å². The first-order chi connectivity index (χ1) is 19.8. The molecule has 2 amide bonds. The number of aldehydes is 1. The second kappa shape index (κ2) is 13.5. The third-order valence-corrected chi connectivity index (χ3v) is 6.48. The fourth-order valence-electron chi connectivity index (χ4n) is 4.93. The molecule has 2 atom stereocenters. The van der Waals surface area contributed by atoms with Gasteiger partial charge < -0.3 is 28.6 Å². The zero-order valence-corrected chi connectivity index (χ0v) is 25.1. The van der Waals surface area contributed by atoms with Crippen LogP contribution in [0, 0.1) is 6.92 Å². The number of hydrogen-bond donors (Lipinski definition) is 0. The Morgan fingerprint density at radius 2 is 1.76 bits per heavy atom. The number of carbonyl (C=O) groups excluding carboxylic acids is 5. The predicted octanol–water partition coefficient (Wildman–Crippen LogP) is 3.92. The molecule has 0 aromatic heterocycles. The summed E-state index contributed by atoms with van der Waals surface area (Å²) in [5.41, 5.74) is 1.22. The van der Waals surface area contributed by atoms with Crippen LogP contribution < -0.4 is 9.47 Å². The van der Waals surface area contributed by atoms with Gasteiger partial charge in [0.25, 0.3) is 0 Å². The second-order valence-electron chi connectivity index (χ2n) is 10.9. The van der Waals surface area contributed by atoms with Crippen molar-refractivity contribution in [2.24, 2.45) is 0 Å². The van der Waals surface area contributed by atoms with E-state index in [1.807, 2.05) is 6.07 Å². The van der Waals surface area contributed by atoms with Crippen LogP contribution >= 0.6 is 0 Å². The first-order valence-electron chi connectivity index (χ1n) is 13.6. The number of fused-ring (bicyclic) bond motifs is 1. The Morgan fingerprint density at radius 1 is 1.10 bits per heavy atom. The van der Waals surface area contributed by atoms with Gasteiger partial charge in [0.05, 0.1) is 19.8 Å². The average molecular weight is 583 g/mol. The number of carbonyl (C=O) groups is 5. The largest absolute Gasteiger partial charge is 0.493 e. The molecule has 1 heterocycles. The molecular weight excluding hydrogens is 544 g/mol. The molecule has 0 saturated carbocycles. The van der Waals surface area contributed by atoms with Gasteiger partial charge in [0.15, 0.2) is 17.5 Å². The summed E-state index contributed by atoms with van der Waals surface area (Å²) in [5.74, 6) is -2.03. The van der Waals surface area contributed by atoms with E-state index in [2.05, 4.69) is 0 Å². The lowest BCUT2D eigenvalue weighted by Crippen LogP contribution is -2.54. The van der Waals surface area contributed by atoms with Crippen LogP contribution in [0.1, 0.15) is 62.9 Å². The van der Waals surface area contributed by atoms with Gasteiger partial charge in [0.1, 0.15) is 18.4 Å². The molecule has 2 aromatic rings. The van der Waals surface area contributed by atoms with E-state index in [0.717, 1.165) is 10.5 Å². The summed E-state index contributed by atoms with van der Waals surface area (Å²) < 4.78 is 22.0. The molecular formula is C31H38N2O9. The lowest BCUT2D eigenvalue weighted by molar-refractivity contribution is -0.159. The van der Waals surface area contributed by atoms with E-state index in [9.17, 15) is 24.0 Å². The van der Waals surface area contributed by atoms with E-state index in [0.29, 0.717) is 17.4 Å². The van der Waals surface area contributed by atoms with Crippen molar-refractivity contribution in [3.05, 3.63) is 58.7 Å². The number of nitrogens with zero attached hydrogens (tertiary/aromatic N) is 2. The fraction of sp³-hybridized carbons (Fsp3) is 0.452. The molecule has 0 N–H and O–H groups in total. The van der Waals surface area contributed by atoms with Gasteiger partial charge in [0, 0.05) is 25.5 Å². The molecule has 0 saturated heterocycles. The van der Waals surface area contributed by atoms with Crippen LogP contribution in [0.15, 0.2) is 36.4 Å². The van der Waals surface area contributed by atoms with Gasteiger partial charge in [-0.3, -0.25) is 14.5 Å². The maximum atomic E-state index is 14.1. The van der Waals surface area contributed by atoms with Gasteiger partial charge in [-0.2, -0.15) is 0 Å². The lowest BCUT2D eigenvalue weighted by Gasteiger charge is -2.41. The van der Waals surface area contributed by atoms with Crippen molar-refractivity contribution in [2.75, 3.05) is 20.3 Å². The minimum Gasteiger partial charge on any atom is -0.493 e. The predicted molar refractivity (Wildman–Crippen MR) is 152 cm³/mol. The molecule has 0 unspecified atom stereocenters. The van der Waals surface area contributed by atoms with Gasteiger partial charge in [-0.05, 0) is 51.3 Å². The van der Waals surface area contributed by atoms with E-state index in [-0.39, 0.29) is 36.6 Å². The highest BCUT2D eigenvalue weighted by molar-refractivity contribution is 5.92. The van der Waals surface area contributed by atoms with Gasteiger partial charge in [-0.25, -0.2) is 9.59 Å². The first-order valence-corrected chi connectivity index (χ1v) is 13.6. The summed E-state index contributed by atoms with van der Waals surface area (Å²) in [6.07, 6.45) is -0.136. The van der Waals surface area contributed by atoms with Crippen LogP contribution in [0.3, 0.4) is 0 Å². The number of methoxy groups -OCH3 is 1. The van der Waals surface area contributed by atoms with Crippen molar-refractivity contribution < 1.29 is 42.9 Å². The van der Waals surface area contributed by atoms with Gasteiger partial charge in [0.2, 0.25) is 5.91 Å². The summed E-state index contributed by atoms with van der Waals surface area (Å²) >= 11 is 0. The molecule has 11 heteroatoms. The SMILES string of the molecule is CCOC(=O)[C@@H]1c2c(cc(C)c(OC)c2OC(C)=O)C[C@@H](C=O)N1C(=O)CN(Cc1ccccc1)C(=O)OC(C)(C)C. The first kappa shape index (κ1) is 32.1. The third-order valence-electron chi connectivity index (χ3n) is 6.48. The summed E-state index contributed by atoms with van der Waals surface area (Å²) in [5, 5.41) is 0. The molecule has 0 radical (unpaired) electrons. The number of rotatable bonds is 9.